The number of aliphatic hydroxyl groups excluding tert-OH is 1. The van der Waals surface area contributed by atoms with Crippen molar-refractivity contribution in [3.8, 4) is 0 Å². The summed E-state index contributed by atoms with van der Waals surface area (Å²) in [7, 11) is 0. The Hall–Kier alpha value is -0.630. The summed E-state index contributed by atoms with van der Waals surface area (Å²) < 4.78 is 0. The number of fused-ring (bicyclic) bond motifs is 3. The second kappa shape index (κ2) is 3.20. The number of Topliss-reactive ketones (excluding diaryl/α,β-unsaturated/α-hetero) is 1. The monoisotopic (exact) mass is 194 g/mol. The minimum atomic E-state index is 0.106. The molecule has 0 amide bonds. The van der Waals surface area contributed by atoms with Crippen LogP contribution in [0.15, 0.2) is 11.1 Å². The molecule has 0 aromatic carbocycles. The van der Waals surface area contributed by atoms with Crippen LogP contribution in [0.1, 0.15) is 39.5 Å². The Balaban J connectivity index is 2.36. The lowest BCUT2D eigenvalue weighted by Gasteiger charge is -2.45. The van der Waals surface area contributed by atoms with Crippen LogP contribution >= 0.6 is 0 Å². The molecule has 3 aliphatic rings. The van der Waals surface area contributed by atoms with Crippen LogP contribution in [0.2, 0.25) is 0 Å². The van der Waals surface area contributed by atoms with Crippen molar-refractivity contribution in [2.24, 2.45) is 11.3 Å². The predicted octanol–water partition coefficient (Wildman–Crippen LogP) is 2.07. The minimum Gasteiger partial charge on any atom is -0.392 e. The largest absolute Gasteiger partial charge is 0.392 e. The van der Waals surface area contributed by atoms with Crippen LogP contribution in [-0.2, 0) is 4.79 Å². The van der Waals surface area contributed by atoms with Gasteiger partial charge in [0, 0.05) is 12.3 Å². The number of allylic oxidation sites excluding steroid dienone is 1. The molecule has 2 nitrogen and oxygen atoms in total. The van der Waals surface area contributed by atoms with E-state index in [1.54, 1.807) is 0 Å². The molecule has 3 saturated carbocycles. The zero-order valence-corrected chi connectivity index (χ0v) is 8.97. The lowest BCUT2D eigenvalue weighted by atomic mass is 9.58. The van der Waals surface area contributed by atoms with Gasteiger partial charge in [0.15, 0.2) is 0 Å². The molecule has 0 heterocycles. The van der Waals surface area contributed by atoms with Crippen LogP contribution in [0.5, 0.6) is 0 Å². The maximum atomic E-state index is 11.8. The summed E-state index contributed by atoms with van der Waals surface area (Å²) >= 11 is 0. The number of carbonyl (C=O) groups is 1. The zero-order chi connectivity index (χ0) is 10.3. The van der Waals surface area contributed by atoms with Gasteiger partial charge in [-0.15, -0.1) is 0 Å². The highest BCUT2D eigenvalue weighted by molar-refractivity contribution is 5.86. The fraction of sp³-hybridized carbons (Fsp3) is 0.750. The van der Waals surface area contributed by atoms with Gasteiger partial charge in [0.1, 0.15) is 5.78 Å². The number of aliphatic hydroxyl groups is 1. The molecular weight excluding hydrogens is 176 g/mol. The summed E-state index contributed by atoms with van der Waals surface area (Å²) in [6.07, 6.45) is 3.95. The second-order valence-corrected chi connectivity index (χ2v) is 5.19. The van der Waals surface area contributed by atoms with Crippen LogP contribution in [0.4, 0.5) is 0 Å². The molecule has 3 aliphatic carbocycles. The number of carbonyl (C=O) groups excluding carboxylic acids is 1. The molecule has 0 radical (unpaired) electrons. The average molecular weight is 194 g/mol. The van der Waals surface area contributed by atoms with E-state index in [0.29, 0.717) is 5.78 Å². The topological polar surface area (TPSA) is 37.3 Å². The summed E-state index contributed by atoms with van der Waals surface area (Å²) in [4.78, 5) is 11.8. The van der Waals surface area contributed by atoms with Crippen molar-refractivity contribution in [2.45, 2.75) is 39.5 Å². The van der Waals surface area contributed by atoms with Gasteiger partial charge in [0.25, 0.3) is 0 Å². The van der Waals surface area contributed by atoms with E-state index in [1.165, 1.54) is 12.0 Å². The van der Waals surface area contributed by atoms with Crippen molar-refractivity contribution in [1.29, 1.82) is 0 Å². The predicted molar refractivity (Wildman–Crippen MR) is 54.9 cm³/mol. The van der Waals surface area contributed by atoms with Gasteiger partial charge in [0.05, 0.1) is 6.61 Å². The molecule has 1 N–H and O–H groups in total. The molecule has 0 spiro atoms. The van der Waals surface area contributed by atoms with Gasteiger partial charge in [-0.25, -0.2) is 0 Å². The third-order valence-electron chi connectivity index (χ3n) is 3.85. The first kappa shape index (κ1) is 9.91. The first-order chi connectivity index (χ1) is 6.56. The van der Waals surface area contributed by atoms with Gasteiger partial charge in [-0.05, 0) is 37.2 Å². The molecule has 14 heavy (non-hydrogen) atoms. The molecular formula is C12H18O2. The average Bonchev–Trinajstić information content (AvgIpc) is 2.15. The Morgan fingerprint density at radius 2 is 2.29 bits per heavy atom. The van der Waals surface area contributed by atoms with E-state index in [2.05, 4.69) is 6.92 Å². The smallest absolute Gasteiger partial charge is 0.140 e. The molecule has 0 aromatic rings. The molecule has 3 rings (SSSR count). The Bertz CT molecular complexity index is 303. The van der Waals surface area contributed by atoms with E-state index in [4.69, 9.17) is 5.11 Å². The molecule has 2 heteroatoms. The fourth-order valence-electron chi connectivity index (χ4n) is 2.94. The van der Waals surface area contributed by atoms with E-state index in [9.17, 15) is 4.79 Å². The first-order valence-corrected chi connectivity index (χ1v) is 5.38. The van der Waals surface area contributed by atoms with Crippen molar-refractivity contribution in [3.63, 3.8) is 0 Å². The number of hydrogen-bond donors (Lipinski definition) is 1. The normalized spacial score (nSPS) is 40.2. The highest BCUT2D eigenvalue weighted by atomic mass is 16.3. The molecule has 2 bridgehead atoms. The van der Waals surface area contributed by atoms with Crippen molar-refractivity contribution in [2.75, 3.05) is 6.61 Å². The van der Waals surface area contributed by atoms with E-state index in [0.717, 1.165) is 24.8 Å². The zero-order valence-electron chi connectivity index (χ0n) is 8.97. The van der Waals surface area contributed by atoms with E-state index < -0.39 is 0 Å². The molecule has 0 aliphatic heterocycles. The van der Waals surface area contributed by atoms with Crippen LogP contribution in [0, 0.1) is 11.3 Å². The van der Waals surface area contributed by atoms with Gasteiger partial charge >= 0.3 is 0 Å². The molecule has 3 fully saturated rings. The second-order valence-electron chi connectivity index (χ2n) is 5.19. The molecule has 0 unspecified atom stereocenters. The molecule has 0 aromatic heterocycles. The Morgan fingerprint density at radius 1 is 1.57 bits per heavy atom. The van der Waals surface area contributed by atoms with Crippen molar-refractivity contribution < 1.29 is 9.90 Å². The van der Waals surface area contributed by atoms with E-state index >= 15 is 0 Å². The standard InChI is InChI=1S/C12H18O2/c1-8(7-13)10-5-12(2)4-3-9(10)11(14)6-12/h9,13H,3-7H2,1-2H3/b10-8+/t9-,12+/m1/s1. The number of ketones is 1. The molecule has 78 valence electrons. The highest BCUT2D eigenvalue weighted by Crippen LogP contribution is 2.51. The van der Waals surface area contributed by atoms with Crippen LogP contribution < -0.4 is 0 Å². The van der Waals surface area contributed by atoms with Crippen molar-refractivity contribution in [1.82, 2.24) is 0 Å². The summed E-state index contributed by atoms with van der Waals surface area (Å²) in [5.74, 6) is 0.539. The Labute approximate surface area is 85.0 Å². The lowest BCUT2D eigenvalue weighted by Crippen LogP contribution is -2.40. The van der Waals surface area contributed by atoms with Crippen molar-refractivity contribution >= 4 is 5.78 Å². The Morgan fingerprint density at radius 3 is 2.79 bits per heavy atom. The Kier molecular flexibility index (Phi) is 2.26. The number of rotatable bonds is 1. The molecule has 2 atom stereocenters. The summed E-state index contributed by atoms with van der Waals surface area (Å²) in [5, 5.41) is 9.12. The summed E-state index contributed by atoms with van der Waals surface area (Å²) in [5.41, 5.74) is 2.45. The van der Waals surface area contributed by atoms with E-state index in [1.807, 2.05) is 6.92 Å². The van der Waals surface area contributed by atoms with Crippen LogP contribution in [-0.4, -0.2) is 17.5 Å². The summed E-state index contributed by atoms with van der Waals surface area (Å²) in [6, 6.07) is 0. The third-order valence-corrected chi connectivity index (χ3v) is 3.85. The van der Waals surface area contributed by atoms with Gasteiger partial charge in [-0.3, -0.25) is 4.79 Å². The van der Waals surface area contributed by atoms with Gasteiger partial charge in [-0.1, -0.05) is 12.5 Å². The highest BCUT2D eigenvalue weighted by Gasteiger charge is 2.45. The van der Waals surface area contributed by atoms with Gasteiger partial charge in [-0.2, -0.15) is 0 Å². The number of hydrogen-bond acceptors (Lipinski definition) is 2. The lowest BCUT2D eigenvalue weighted by molar-refractivity contribution is -0.129. The maximum absolute atomic E-state index is 11.8. The summed E-state index contributed by atoms with van der Waals surface area (Å²) in [6.45, 7) is 4.26. The fourth-order valence-corrected chi connectivity index (χ4v) is 2.94. The molecule has 0 saturated heterocycles. The van der Waals surface area contributed by atoms with Gasteiger partial charge < -0.3 is 5.11 Å². The van der Waals surface area contributed by atoms with Crippen molar-refractivity contribution in [3.05, 3.63) is 11.1 Å². The van der Waals surface area contributed by atoms with E-state index in [-0.39, 0.29) is 17.9 Å². The first-order valence-electron chi connectivity index (χ1n) is 5.38. The quantitative estimate of drug-likeness (QED) is 0.649. The SMILES string of the molecule is C/C(CO)=C1/C[C@]2(C)CC[C@H]1C(=O)C2. The van der Waals surface area contributed by atoms with Crippen LogP contribution in [0.3, 0.4) is 0 Å². The third kappa shape index (κ3) is 1.42. The maximum Gasteiger partial charge on any atom is 0.140 e. The van der Waals surface area contributed by atoms with Gasteiger partial charge in [0.2, 0.25) is 0 Å². The minimum absolute atomic E-state index is 0.106. The van der Waals surface area contributed by atoms with Crippen LogP contribution in [0.25, 0.3) is 0 Å².